The van der Waals surface area contributed by atoms with Crippen LogP contribution in [0.25, 0.3) is 11.3 Å². The third-order valence-electron chi connectivity index (χ3n) is 3.06. The van der Waals surface area contributed by atoms with Gasteiger partial charge in [0.2, 0.25) is 0 Å². The lowest BCUT2D eigenvalue weighted by molar-refractivity contribution is 0.171. The first kappa shape index (κ1) is 12.5. The number of hydrogen-bond donors (Lipinski definition) is 1. The Bertz CT molecular complexity index is 631. The largest absolute Gasteiger partial charge is 0.491 e. The lowest BCUT2D eigenvalue weighted by Crippen LogP contribution is -2.15. The summed E-state index contributed by atoms with van der Waals surface area (Å²) in [6.45, 7) is 1.13. The lowest BCUT2D eigenvalue weighted by atomic mass is 10.1. The first-order valence-electron chi connectivity index (χ1n) is 6.30. The molecule has 20 heavy (non-hydrogen) atoms. The summed E-state index contributed by atoms with van der Waals surface area (Å²) in [5.41, 5.74) is 1.61. The molecule has 3 rings (SSSR count). The molecule has 1 aromatic carbocycles. The second-order valence-electron chi connectivity index (χ2n) is 4.21. The smallest absolute Gasteiger partial charge is 0.187 e. The van der Waals surface area contributed by atoms with Crippen LogP contribution in [0.5, 0.6) is 17.2 Å². The fourth-order valence-electron chi connectivity index (χ4n) is 2.14. The highest BCUT2D eigenvalue weighted by Gasteiger charge is 2.17. The van der Waals surface area contributed by atoms with Gasteiger partial charge >= 0.3 is 0 Å². The second kappa shape index (κ2) is 5.24. The molecule has 2 aromatic rings. The maximum atomic E-state index is 5.59. The molecule has 1 N–H and O–H groups in total. The van der Waals surface area contributed by atoms with Crippen molar-refractivity contribution in [1.29, 1.82) is 0 Å². The van der Waals surface area contributed by atoms with E-state index in [0.717, 1.165) is 17.1 Å². The van der Waals surface area contributed by atoms with Crippen LogP contribution >= 0.6 is 0 Å². The van der Waals surface area contributed by atoms with Gasteiger partial charge in [-0.1, -0.05) is 0 Å². The molecule has 0 fully saturated rings. The first-order chi connectivity index (χ1) is 9.83. The van der Waals surface area contributed by atoms with E-state index in [1.807, 2.05) is 18.2 Å². The van der Waals surface area contributed by atoms with E-state index in [1.54, 1.807) is 14.2 Å². The Morgan fingerprint density at radius 1 is 1.15 bits per heavy atom. The monoisotopic (exact) mass is 273 g/mol. The van der Waals surface area contributed by atoms with Crippen LogP contribution in [0.1, 0.15) is 0 Å². The number of benzene rings is 1. The highest BCUT2D eigenvalue weighted by Crippen LogP contribution is 2.38. The topological polar surface area (TPSA) is 65.5 Å². The Morgan fingerprint density at radius 2 is 1.95 bits per heavy atom. The summed E-state index contributed by atoms with van der Waals surface area (Å²) >= 11 is 0. The van der Waals surface area contributed by atoms with Gasteiger partial charge in [-0.3, -0.25) is 0 Å². The van der Waals surface area contributed by atoms with Gasteiger partial charge in [0.05, 0.1) is 7.11 Å². The van der Waals surface area contributed by atoms with Gasteiger partial charge in [0.25, 0.3) is 0 Å². The molecular weight excluding hydrogens is 258 g/mol. The molecule has 0 aliphatic carbocycles. The predicted molar refractivity (Wildman–Crippen MR) is 74.6 cm³/mol. The Kier molecular flexibility index (Phi) is 3.28. The fourth-order valence-corrected chi connectivity index (χ4v) is 2.14. The van der Waals surface area contributed by atoms with Crippen molar-refractivity contribution in [3.05, 3.63) is 24.5 Å². The van der Waals surface area contributed by atoms with Gasteiger partial charge < -0.3 is 19.5 Å². The molecule has 0 unspecified atom stereocenters. The molecule has 0 amide bonds. The third kappa shape index (κ3) is 2.09. The molecule has 1 aliphatic rings. The van der Waals surface area contributed by atoms with Crippen molar-refractivity contribution >= 4 is 5.82 Å². The summed E-state index contributed by atoms with van der Waals surface area (Å²) in [5.74, 6) is 2.72. The van der Waals surface area contributed by atoms with E-state index in [-0.39, 0.29) is 0 Å². The number of methoxy groups -OCH3 is 1. The zero-order valence-electron chi connectivity index (χ0n) is 11.3. The minimum absolute atomic E-state index is 0.555. The van der Waals surface area contributed by atoms with Gasteiger partial charge in [0, 0.05) is 12.6 Å². The van der Waals surface area contributed by atoms with Gasteiger partial charge in [-0.2, -0.15) is 0 Å². The molecule has 1 aromatic heterocycles. The Hall–Kier alpha value is -2.50. The van der Waals surface area contributed by atoms with Crippen LogP contribution in [-0.2, 0) is 0 Å². The molecule has 0 saturated heterocycles. The number of aromatic nitrogens is 2. The average Bonchev–Trinajstić information content (AvgIpc) is 2.53. The van der Waals surface area contributed by atoms with Crippen molar-refractivity contribution in [1.82, 2.24) is 9.97 Å². The van der Waals surface area contributed by atoms with Crippen LogP contribution in [0.2, 0.25) is 0 Å². The number of anilines is 1. The van der Waals surface area contributed by atoms with Gasteiger partial charge in [-0.05, 0) is 18.2 Å². The van der Waals surface area contributed by atoms with Crippen molar-refractivity contribution < 1.29 is 14.2 Å². The molecular formula is C14H15N3O3. The molecule has 2 heterocycles. The van der Waals surface area contributed by atoms with E-state index < -0.39 is 0 Å². The summed E-state index contributed by atoms with van der Waals surface area (Å²) in [6, 6.07) is 5.71. The van der Waals surface area contributed by atoms with Crippen molar-refractivity contribution in [2.24, 2.45) is 0 Å². The number of fused-ring (bicyclic) bond motifs is 1. The Balaban J connectivity index is 2.09. The van der Waals surface area contributed by atoms with Gasteiger partial charge in [0.15, 0.2) is 23.1 Å². The highest BCUT2D eigenvalue weighted by atomic mass is 16.6. The van der Waals surface area contributed by atoms with Crippen LogP contribution in [0.3, 0.4) is 0 Å². The molecule has 0 spiro atoms. The van der Waals surface area contributed by atoms with E-state index >= 15 is 0 Å². The van der Waals surface area contributed by atoms with Crippen LogP contribution in [-0.4, -0.2) is 37.3 Å². The highest BCUT2D eigenvalue weighted by molar-refractivity contribution is 5.74. The summed E-state index contributed by atoms with van der Waals surface area (Å²) in [4.78, 5) is 8.44. The maximum Gasteiger partial charge on any atom is 0.187 e. The van der Waals surface area contributed by atoms with Gasteiger partial charge in [0.1, 0.15) is 25.2 Å². The predicted octanol–water partition coefficient (Wildman–Crippen LogP) is 1.97. The van der Waals surface area contributed by atoms with E-state index in [9.17, 15) is 0 Å². The summed E-state index contributed by atoms with van der Waals surface area (Å²) in [5, 5.41) is 2.99. The molecule has 6 nitrogen and oxygen atoms in total. The summed E-state index contributed by atoms with van der Waals surface area (Å²) in [6.07, 6.45) is 1.50. The first-order valence-corrected chi connectivity index (χ1v) is 6.30. The number of ether oxygens (including phenoxy) is 3. The van der Waals surface area contributed by atoms with Crippen LogP contribution in [0.15, 0.2) is 24.5 Å². The molecule has 6 heteroatoms. The van der Waals surface area contributed by atoms with Crippen molar-refractivity contribution in [3.8, 4) is 28.5 Å². The SMILES string of the molecule is CNc1ncnc(-c2ccc3c(c2)OCCO3)c1OC. The summed E-state index contributed by atoms with van der Waals surface area (Å²) < 4.78 is 16.5. The summed E-state index contributed by atoms with van der Waals surface area (Å²) in [7, 11) is 3.39. The number of nitrogens with zero attached hydrogens (tertiary/aromatic N) is 2. The van der Waals surface area contributed by atoms with Crippen LogP contribution in [0, 0.1) is 0 Å². The van der Waals surface area contributed by atoms with E-state index in [1.165, 1.54) is 6.33 Å². The fraction of sp³-hybridized carbons (Fsp3) is 0.286. The van der Waals surface area contributed by atoms with Crippen molar-refractivity contribution in [2.45, 2.75) is 0 Å². The molecule has 104 valence electrons. The lowest BCUT2D eigenvalue weighted by Gasteiger charge is -2.19. The number of hydrogen-bond acceptors (Lipinski definition) is 6. The van der Waals surface area contributed by atoms with E-state index in [0.29, 0.717) is 30.5 Å². The van der Waals surface area contributed by atoms with Crippen LogP contribution in [0.4, 0.5) is 5.82 Å². The zero-order chi connectivity index (χ0) is 13.9. The molecule has 0 bridgehead atoms. The van der Waals surface area contributed by atoms with E-state index in [2.05, 4.69) is 15.3 Å². The molecule has 0 saturated carbocycles. The molecule has 0 radical (unpaired) electrons. The Labute approximate surface area is 116 Å². The minimum atomic E-state index is 0.555. The normalized spacial score (nSPS) is 12.9. The number of nitrogens with one attached hydrogen (secondary N) is 1. The molecule has 1 aliphatic heterocycles. The quantitative estimate of drug-likeness (QED) is 0.922. The second-order valence-corrected chi connectivity index (χ2v) is 4.21. The number of rotatable bonds is 3. The van der Waals surface area contributed by atoms with Gasteiger partial charge in [-0.25, -0.2) is 9.97 Å². The van der Waals surface area contributed by atoms with Crippen molar-refractivity contribution in [2.75, 3.05) is 32.7 Å². The van der Waals surface area contributed by atoms with Gasteiger partial charge in [-0.15, -0.1) is 0 Å². The average molecular weight is 273 g/mol. The standard InChI is InChI=1S/C14H15N3O3/c1-15-14-13(18-2)12(16-8-17-14)9-3-4-10-11(7-9)20-6-5-19-10/h3-4,7-8H,5-6H2,1-2H3,(H,15,16,17). The van der Waals surface area contributed by atoms with Crippen molar-refractivity contribution in [3.63, 3.8) is 0 Å². The zero-order valence-corrected chi connectivity index (χ0v) is 11.3. The molecule has 0 atom stereocenters. The third-order valence-corrected chi connectivity index (χ3v) is 3.06. The minimum Gasteiger partial charge on any atom is -0.491 e. The van der Waals surface area contributed by atoms with Crippen LogP contribution < -0.4 is 19.5 Å². The Morgan fingerprint density at radius 3 is 2.70 bits per heavy atom. The van der Waals surface area contributed by atoms with E-state index in [4.69, 9.17) is 14.2 Å². The maximum absolute atomic E-state index is 5.59.